The van der Waals surface area contributed by atoms with Crippen LogP contribution in [0.1, 0.15) is 19.3 Å². The summed E-state index contributed by atoms with van der Waals surface area (Å²) in [6.45, 7) is 1.30. The van der Waals surface area contributed by atoms with Crippen molar-refractivity contribution in [2.45, 2.75) is 31.8 Å². The molecule has 1 amide bonds. The normalized spacial score (nSPS) is 18.1. The van der Waals surface area contributed by atoms with E-state index in [2.05, 4.69) is 30.7 Å². The molecule has 1 aliphatic rings. The number of fused-ring (bicyclic) bond motifs is 1. The molecular formula is C22H25N9O2. The Kier molecular flexibility index (Phi) is 5.69. The van der Waals surface area contributed by atoms with E-state index in [1.165, 1.54) is 0 Å². The third-order valence-electron chi connectivity index (χ3n) is 5.94. The van der Waals surface area contributed by atoms with Crippen LogP contribution in [0.4, 0.5) is 5.95 Å². The topological polar surface area (TPSA) is 139 Å². The van der Waals surface area contributed by atoms with Crippen LogP contribution >= 0.6 is 0 Å². The molecule has 1 aliphatic carbocycles. The van der Waals surface area contributed by atoms with Gasteiger partial charge in [-0.1, -0.05) is 17.3 Å². The Hall–Kier alpha value is -3.86. The van der Waals surface area contributed by atoms with Gasteiger partial charge in [0.25, 0.3) is 0 Å². The highest BCUT2D eigenvalue weighted by atomic mass is 16.5. The van der Waals surface area contributed by atoms with Gasteiger partial charge in [0.2, 0.25) is 11.9 Å². The highest BCUT2D eigenvalue weighted by Crippen LogP contribution is 2.28. The number of hydrogen-bond donors (Lipinski definition) is 2. The Morgan fingerprint density at radius 3 is 3.00 bits per heavy atom. The molecule has 0 saturated heterocycles. The molecule has 0 unspecified atom stereocenters. The van der Waals surface area contributed by atoms with E-state index in [1.807, 2.05) is 41.3 Å². The summed E-state index contributed by atoms with van der Waals surface area (Å²) in [5, 5.41) is 16.2. The first-order chi connectivity index (χ1) is 16.1. The molecular weight excluding hydrogens is 422 g/mol. The van der Waals surface area contributed by atoms with Crippen LogP contribution in [0.5, 0.6) is 0 Å². The van der Waals surface area contributed by atoms with E-state index in [0.29, 0.717) is 36.7 Å². The quantitative estimate of drug-likeness (QED) is 0.417. The second-order valence-electron chi connectivity index (χ2n) is 8.19. The number of hydrogen-bond acceptors (Lipinski definition) is 8. The lowest BCUT2D eigenvalue weighted by atomic mass is 10.1. The Morgan fingerprint density at radius 1 is 1.27 bits per heavy atom. The first-order valence-corrected chi connectivity index (χ1v) is 10.9. The largest absolute Gasteiger partial charge is 0.383 e. The number of nitrogens with two attached hydrogens (primary N) is 1. The Bertz CT molecular complexity index is 1280. The van der Waals surface area contributed by atoms with Gasteiger partial charge in [0.05, 0.1) is 31.2 Å². The fraction of sp³-hybridized carbons (Fsp3) is 0.364. The summed E-state index contributed by atoms with van der Waals surface area (Å²) in [7, 11) is 1.67. The third kappa shape index (κ3) is 4.40. The second kappa shape index (κ2) is 8.94. The number of carbonyl (C=O) groups excluding carboxylic acids is 1. The highest BCUT2D eigenvalue weighted by Gasteiger charge is 2.28. The SMILES string of the molecule is COCCn1cc(-c2cccc(-n3nnc4cnc(N[C@@H]5CC[C@@H](C(N)=O)C5)nc43)c2)cn1. The summed E-state index contributed by atoms with van der Waals surface area (Å²) in [6, 6.07) is 8.08. The van der Waals surface area contributed by atoms with Gasteiger partial charge < -0.3 is 15.8 Å². The number of amides is 1. The van der Waals surface area contributed by atoms with Crippen LogP contribution in [0.3, 0.4) is 0 Å². The number of primary amides is 1. The van der Waals surface area contributed by atoms with Gasteiger partial charge >= 0.3 is 0 Å². The molecule has 3 aromatic heterocycles. The van der Waals surface area contributed by atoms with Crippen molar-refractivity contribution in [1.29, 1.82) is 0 Å². The van der Waals surface area contributed by atoms with Gasteiger partial charge in [0.1, 0.15) is 0 Å². The molecule has 0 radical (unpaired) electrons. The summed E-state index contributed by atoms with van der Waals surface area (Å²) in [5.41, 5.74) is 9.49. The molecule has 5 rings (SSSR count). The summed E-state index contributed by atoms with van der Waals surface area (Å²) in [5.74, 6) is 0.138. The molecule has 3 N–H and O–H groups in total. The molecule has 3 heterocycles. The van der Waals surface area contributed by atoms with E-state index >= 15 is 0 Å². The van der Waals surface area contributed by atoms with E-state index in [4.69, 9.17) is 10.5 Å². The zero-order valence-electron chi connectivity index (χ0n) is 18.3. The lowest BCUT2D eigenvalue weighted by Gasteiger charge is -2.12. The van der Waals surface area contributed by atoms with Gasteiger partial charge in [-0.15, -0.1) is 5.10 Å². The predicted octanol–water partition coefficient (Wildman–Crippen LogP) is 1.79. The van der Waals surface area contributed by atoms with Gasteiger partial charge in [0.15, 0.2) is 11.2 Å². The van der Waals surface area contributed by atoms with E-state index in [1.54, 1.807) is 18.0 Å². The maximum atomic E-state index is 11.5. The van der Waals surface area contributed by atoms with Crippen molar-refractivity contribution in [1.82, 2.24) is 34.7 Å². The molecule has 4 aromatic rings. The molecule has 33 heavy (non-hydrogen) atoms. The second-order valence-corrected chi connectivity index (χ2v) is 8.19. The average molecular weight is 448 g/mol. The van der Waals surface area contributed by atoms with E-state index < -0.39 is 0 Å². The Balaban J connectivity index is 1.40. The smallest absolute Gasteiger partial charge is 0.225 e. The highest BCUT2D eigenvalue weighted by molar-refractivity contribution is 5.77. The van der Waals surface area contributed by atoms with E-state index in [0.717, 1.165) is 29.7 Å². The zero-order valence-corrected chi connectivity index (χ0v) is 18.3. The van der Waals surface area contributed by atoms with Crippen molar-refractivity contribution in [2.24, 2.45) is 11.7 Å². The van der Waals surface area contributed by atoms with E-state index in [9.17, 15) is 4.79 Å². The summed E-state index contributed by atoms with van der Waals surface area (Å²) >= 11 is 0. The van der Waals surface area contributed by atoms with Gasteiger partial charge in [-0.3, -0.25) is 9.48 Å². The lowest BCUT2D eigenvalue weighted by molar-refractivity contribution is -0.121. The standard InChI is InChI=1S/C22H25N9O2/c1-33-8-7-30-13-16(11-25-30)14-3-2-4-18(10-14)31-21-19(28-29-31)12-24-22(27-21)26-17-6-5-15(9-17)20(23)32/h2-4,10-13,15,17H,5-9H2,1H3,(H2,23,32)(H,24,26,27)/t15-,17-/m1/s1. The molecule has 1 aromatic carbocycles. The number of nitrogens with zero attached hydrogens (tertiary/aromatic N) is 7. The van der Waals surface area contributed by atoms with Crippen LogP contribution in [-0.2, 0) is 16.1 Å². The molecule has 1 saturated carbocycles. The van der Waals surface area contributed by atoms with Gasteiger partial charge in [0, 0.05) is 30.8 Å². The monoisotopic (exact) mass is 447 g/mol. The fourth-order valence-corrected chi connectivity index (χ4v) is 4.16. The molecule has 0 bridgehead atoms. The van der Waals surface area contributed by atoms with Gasteiger partial charge in [-0.25, -0.2) is 4.98 Å². The van der Waals surface area contributed by atoms with Crippen molar-refractivity contribution >= 4 is 23.0 Å². The van der Waals surface area contributed by atoms with Gasteiger partial charge in [-0.05, 0) is 37.0 Å². The molecule has 170 valence electrons. The summed E-state index contributed by atoms with van der Waals surface area (Å²) in [6.07, 6.45) is 7.80. The number of nitrogens with one attached hydrogen (secondary N) is 1. The van der Waals surface area contributed by atoms with Crippen LogP contribution in [0.2, 0.25) is 0 Å². The summed E-state index contributed by atoms with van der Waals surface area (Å²) in [4.78, 5) is 20.5. The maximum absolute atomic E-state index is 11.5. The summed E-state index contributed by atoms with van der Waals surface area (Å²) < 4.78 is 8.67. The molecule has 1 fully saturated rings. The maximum Gasteiger partial charge on any atom is 0.225 e. The molecule has 11 heteroatoms. The number of ether oxygens (including phenoxy) is 1. The lowest BCUT2D eigenvalue weighted by Crippen LogP contribution is -2.23. The predicted molar refractivity (Wildman–Crippen MR) is 121 cm³/mol. The average Bonchev–Trinajstić information content (AvgIpc) is 3.57. The van der Waals surface area contributed by atoms with Crippen LogP contribution in [-0.4, -0.2) is 60.4 Å². The minimum absolute atomic E-state index is 0.0972. The van der Waals surface area contributed by atoms with Crippen LogP contribution in [0.25, 0.3) is 28.0 Å². The first-order valence-electron chi connectivity index (χ1n) is 10.9. The van der Waals surface area contributed by atoms with Crippen molar-refractivity contribution < 1.29 is 9.53 Å². The van der Waals surface area contributed by atoms with E-state index in [-0.39, 0.29) is 17.9 Å². The van der Waals surface area contributed by atoms with Crippen molar-refractivity contribution in [3.05, 3.63) is 42.9 Å². The zero-order chi connectivity index (χ0) is 22.8. The number of aromatic nitrogens is 7. The third-order valence-corrected chi connectivity index (χ3v) is 5.94. The number of benzene rings is 1. The molecule has 0 spiro atoms. The van der Waals surface area contributed by atoms with Crippen LogP contribution in [0, 0.1) is 5.92 Å². The molecule has 2 atom stereocenters. The van der Waals surface area contributed by atoms with Crippen molar-refractivity contribution in [2.75, 3.05) is 19.0 Å². The van der Waals surface area contributed by atoms with Gasteiger partial charge in [-0.2, -0.15) is 14.8 Å². The molecule has 11 nitrogen and oxygen atoms in total. The van der Waals surface area contributed by atoms with Crippen molar-refractivity contribution in [3.63, 3.8) is 0 Å². The fourth-order valence-electron chi connectivity index (χ4n) is 4.16. The minimum atomic E-state index is -0.248. The number of methoxy groups -OCH3 is 1. The molecule has 0 aliphatic heterocycles. The number of rotatable bonds is 8. The van der Waals surface area contributed by atoms with Crippen LogP contribution < -0.4 is 11.1 Å². The van der Waals surface area contributed by atoms with Crippen molar-refractivity contribution in [3.8, 4) is 16.8 Å². The van der Waals surface area contributed by atoms with Crippen LogP contribution in [0.15, 0.2) is 42.9 Å². The number of carbonyl (C=O) groups is 1. The Labute approximate surface area is 190 Å². The minimum Gasteiger partial charge on any atom is -0.383 e. The number of anilines is 1. The first kappa shape index (κ1) is 21.0. The Morgan fingerprint density at radius 2 is 2.18 bits per heavy atom.